The Hall–Kier alpha value is -1.85. The van der Waals surface area contributed by atoms with Gasteiger partial charge in [-0.3, -0.25) is 4.79 Å². The number of hydrogen-bond acceptors (Lipinski definition) is 5. The summed E-state index contributed by atoms with van der Waals surface area (Å²) in [5, 5.41) is 0. The second kappa shape index (κ2) is 9.15. The Morgan fingerprint density at radius 3 is 2.38 bits per heavy atom. The van der Waals surface area contributed by atoms with Gasteiger partial charge in [-0.15, -0.1) is 6.58 Å². The SMILES string of the molecule is C=C[C@@H](OC)[C@@H](CC(=O)OC)OCc1ccc(OC)cc1. The van der Waals surface area contributed by atoms with E-state index < -0.39 is 6.10 Å². The molecule has 0 N–H and O–H groups in total. The van der Waals surface area contributed by atoms with Crippen molar-refractivity contribution in [2.45, 2.75) is 25.2 Å². The molecule has 0 bridgehead atoms. The van der Waals surface area contributed by atoms with E-state index in [2.05, 4.69) is 11.3 Å². The monoisotopic (exact) mass is 294 g/mol. The summed E-state index contributed by atoms with van der Waals surface area (Å²) in [6.45, 7) is 4.05. The van der Waals surface area contributed by atoms with E-state index in [1.54, 1.807) is 20.3 Å². The van der Waals surface area contributed by atoms with E-state index >= 15 is 0 Å². The smallest absolute Gasteiger partial charge is 0.308 e. The van der Waals surface area contributed by atoms with Gasteiger partial charge in [-0.1, -0.05) is 18.2 Å². The lowest BCUT2D eigenvalue weighted by atomic mass is 10.1. The van der Waals surface area contributed by atoms with Crippen molar-refractivity contribution in [3.63, 3.8) is 0 Å². The van der Waals surface area contributed by atoms with E-state index in [0.717, 1.165) is 11.3 Å². The molecule has 0 aliphatic carbocycles. The highest BCUT2D eigenvalue weighted by molar-refractivity contribution is 5.69. The summed E-state index contributed by atoms with van der Waals surface area (Å²) in [5.41, 5.74) is 0.976. The zero-order valence-electron chi connectivity index (χ0n) is 12.7. The van der Waals surface area contributed by atoms with E-state index in [1.807, 2.05) is 24.3 Å². The van der Waals surface area contributed by atoms with Gasteiger partial charge in [0.15, 0.2) is 0 Å². The van der Waals surface area contributed by atoms with Gasteiger partial charge >= 0.3 is 5.97 Å². The number of benzene rings is 1. The van der Waals surface area contributed by atoms with Crippen LogP contribution in [0.3, 0.4) is 0 Å². The molecule has 1 aromatic carbocycles. The quantitative estimate of drug-likeness (QED) is 0.517. The summed E-state index contributed by atoms with van der Waals surface area (Å²) in [6, 6.07) is 7.53. The largest absolute Gasteiger partial charge is 0.497 e. The Morgan fingerprint density at radius 1 is 1.24 bits per heavy atom. The lowest BCUT2D eigenvalue weighted by molar-refractivity contribution is -0.146. The Morgan fingerprint density at radius 2 is 1.90 bits per heavy atom. The molecule has 0 radical (unpaired) electrons. The molecule has 5 heteroatoms. The Kier molecular flexibility index (Phi) is 7.50. The van der Waals surface area contributed by atoms with Crippen LogP contribution >= 0.6 is 0 Å². The molecule has 0 saturated carbocycles. The first kappa shape index (κ1) is 17.2. The van der Waals surface area contributed by atoms with Crippen molar-refractivity contribution in [3.05, 3.63) is 42.5 Å². The summed E-state index contributed by atoms with van der Waals surface area (Å²) >= 11 is 0. The van der Waals surface area contributed by atoms with E-state index in [4.69, 9.17) is 14.2 Å². The predicted molar refractivity (Wildman–Crippen MR) is 79.2 cm³/mol. The standard InChI is InChI=1S/C16H22O5/c1-5-14(19-3)15(10-16(17)20-4)21-11-12-6-8-13(18-2)9-7-12/h5-9,14-15H,1,10-11H2,2-4H3/t14-,15-/m1/s1. The van der Waals surface area contributed by atoms with Crippen molar-refractivity contribution < 1.29 is 23.7 Å². The Labute approximate surface area is 125 Å². The zero-order valence-corrected chi connectivity index (χ0v) is 12.7. The maximum Gasteiger partial charge on any atom is 0.308 e. The molecule has 0 spiro atoms. The average molecular weight is 294 g/mol. The van der Waals surface area contributed by atoms with Crippen LogP contribution in [0.25, 0.3) is 0 Å². The number of ether oxygens (including phenoxy) is 4. The first-order valence-corrected chi connectivity index (χ1v) is 6.61. The van der Waals surface area contributed by atoms with Crippen molar-refractivity contribution >= 4 is 5.97 Å². The van der Waals surface area contributed by atoms with Gasteiger partial charge in [0.05, 0.1) is 33.4 Å². The minimum Gasteiger partial charge on any atom is -0.497 e. The summed E-state index contributed by atoms with van der Waals surface area (Å²) in [4.78, 5) is 11.4. The van der Waals surface area contributed by atoms with Crippen LogP contribution in [-0.4, -0.2) is 39.5 Å². The van der Waals surface area contributed by atoms with Crippen molar-refractivity contribution in [3.8, 4) is 5.75 Å². The van der Waals surface area contributed by atoms with Crippen molar-refractivity contribution in [2.75, 3.05) is 21.3 Å². The van der Waals surface area contributed by atoms with Gasteiger partial charge in [-0.25, -0.2) is 0 Å². The fraction of sp³-hybridized carbons (Fsp3) is 0.438. The van der Waals surface area contributed by atoms with Crippen LogP contribution < -0.4 is 4.74 Å². The molecular formula is C16H22O5. The Bertz CT molecular complexity index is 440. The minimum absolute atomic E-state index is 0.108. The van der Waals surface area contributed by atoms with E-state index in [9.17, 15) is 4.79 Å². The van der Waals surface area contributed by atoms with E-state index in [0.29, 0.717) is 6.61 Å². The molecule has 0 heterocycles. The lowest BCUT2D eigenvalue weighted by Gasteiger charge is -2.23. The average Bonchev–Trinajstić information content (AvgIpc) is 2.53. The van der Waals surface area contributed by atoms with Crippen LogP contribution in [0.1, 0.15) is 12.0 Å². The van der Waals surface area contributed by atoms with Gasteiger partial charge in [-0.05, 0) is 17.7 Å². The van der Waals surface area contributed by atoms with E-state index in [1.165, 1.54) is 7.11 Å². The third kappa shape index (κ3) is 5.57. The van der Waals surface area contributed by atoms with Crippen LogP contribution in [-0.2, 0) is 25.6 Å². The summed E-state index contributed by atoms with van der Waals surface area (Å²) < 4.78 is 20.8. The van der Waals surface area contributed by atoms with Crippen LogP contribution in [0, 0.1) is 0 Å². The van der Waals surface area contributed by atoms with Crippen molar-refractivity contribution in [2.24, 2.45) is 0 Å². The van der Waals surface area contributed by atoms with Crippen molar-refractivity contribution in [1.29, 1.82) is 0 Å². The third-order valence-corrected chi connectivity index (χ3v) is 3.09. The molecule has 0 aliphatic heterocycles. The molecule has 0 amide bonds. The first-order valence-electron chi connectivity index (χ1n) is 6.61. The fourth-order valence-corrected chi connectivity index (χ4v) is 1.84. The van der Waals surface area contributed by atoms with Gasteiger partial charge in [0.1, 0.15) is 11.9 Å². The van der Waals surface area contributed by atoms with Crippen LogP contribution in [0.2, 0.25) is 0 Å². The van der Waals surface area contributed by atoms with Crippen LogP contribution in [0.4, 0.5) is 0 Å². The highest BCUT2D eigenvalue weighted by Gasteiger charge is 2.23. The molecule has 116 valence electrons. The van der Waals surface area contributed by atoms with E-state index in [-0.39, 0.29) is 18.5 Å². The highest BCUT2D eigenvalue weighted by Crippen LogP contribution is 2.16. The highest BCUT2D eigenvalue weighted by atomic mass is 16.5. The Balaban J connectivity index is 2.66. The number of rotatable bonds is 9. The number of carbonyl (C=O) groups is 1. The van der Waals surface area contributed by atoms with Crippen molar-refractivity contribution in [1.82, 2.24) is 0 Å². The summed E-state index contributed by atoms with van der Waals surface area (Å²) in [5.74, 6) is 0.435. The lowest BCUT2D eigenvalue weighted by Crippen LogP contribution is -2.31. The topological polar surface area (TPSA) is 54.0 Å². The maximum absolute atomic E-state index is 11.4. The number of esters is 1. The van der Waals surface area contributed by atoms with Gasteiger partial charge < -0.3 is 18.9 Å². The third-order valence-electron chi connectivity index (χ3n) is 3.09. The molecule has 2 atom stereocenters. The molecule has 21 heavy (non-hydrogen) atoms. The molecular weight excluding hydrogens is 272 g/mol. The molecule has 0 aliphatic rings. The van der Waals surface area contributed by atoms with Crippen LogP contribution in [0.5, 0.6) is 5.75 Å². The van der Waals surface area contributed by atoms with Gasteiger partial charge in [-0.2, -0.15) is 0 Å². The number of carbonyl (C=O) groups excluding carboxylic acids is 1. The first-order chi connectivity index (χ1) is 10.1. The number of methoxy groups -OCH3 is 3. The number of hydrogen-bond donors (Lipinski definition) is 0. The maximum atomic E-state index is 11.4. The van der Waals surface area contributed by atoms with Gasteiger partial charge in [0, 0.05) is 7.11 Å². The molecule has 5 nitrogen and oxygen atoms in total. The predicted octanol–water partition coefficient (Wildman–Crippen LogP) is 2.34. The molecule has 1 aromatic rings. The van der Waals surface area contributed by atoms with Crippen LogP contribution in [0.15, 0.2) is 36.9 Å². The van der Waals surface area contributed by atoms with Gasteiger partial charge in [0.2, 0.25) is 0 Å². The molecule has 1 rings (SSSR count). The second-order valence-corrected chi connectivity index (χ2v) is 4.41. The van der Waals surface area contributed by atoms with Gasteiger partial charge in [0.25, 0.3) is 0 Å². The molecule has 0 fully saturated rings. The normalized spacial score (nSPS) is 13.3. The molecule has 0 unspecified atom stereocenters. The summed E-state index contributed by atoms with van der Waals surface area (Å²) in [7, 11) is 4.51. The minimum atomic E-state index is -0.443. The second-order valence-electron chi connectivity index (χ2n) is 4.41. The fourth-order valence-electron chi connectivity index (χ4n) is 1.84. The summed E-state index contributed by atoms with van der Waals surface area (Å²) in [6.07, 6.45) is 0.906. The zero-order chi connectivity index (χ0) is 15.7. The molecule has 0 aromatic heterocycles. The molecule has 0 saturated heterocycles.